The molecule has 1 aromatic heterocycles. The topological polar surface area (TPSA) is 99.2 Å². The summed E-state index contributed by atoms with van der Waals surface area (Å²) in [4.78, 5) is 3.88. The average Bonchev–Trinajstić information content (AvgIpc) is 2.94. The van der Waals surface area contributed by atoms with Gasteiger partial charge in [0.25, 0.3) is 0 Å². The van der Waals surface area contributed by atoms with Crippen molar-refractivity contribution in [1.29, 1.82) is 0 Å². The summed E-state index contributed by atoms with van der Waals surface area (Å²) in [7, 11) is -3.37. The van der Waals surface area contributed by atoms with Crippen LogP contribution >= 0.6 is 0 Å². The van der Waals surface area contributed by atoms with Gasteiger partial charge in [-0.25, -0.2) is 18.1 Å². The van der Waals surface area contributed by atoms with E-state index in [1.807, 2.05) is 0 Å². The van der Waals surface area contributed by atoms with E-state index >= 15 is 0 Å². The summed E-state index contributed by atoms with van der Waals surface area (Å²) in [5.74, 6) is 0.372. The molecule has 0 saturated heterocycles. The second kappa shape index (κ2) is 7.09. The monoisotopic (exact) mass is 310 g/mol. The Morgan fingerprint density at radius 2 is 2.14 bits per heavy atom. The molecule has 8 heteroatoms. The maximum absolute atomic E-state index is 11.8. The fourth-order valence-electron chi connectivity index (χ4n) is 1.69. The number of hydrogen-bond acceptors (Lipinski definition) is 5. The van der Waals surface area contributed by atoms with Crippen molar-refractivity contribution in [3.63, 3.8) is 0 Å². The molecular formula is C13H18N4O3S. The molecule has 1 aromatic carbocycles. The Balaban J connectivity index is 1.72. The Kier molecular flexibility index (Phi) is 5.18. The molecule has 0 saturated carbocycles. The van der Waals surface area contributed by atoms with E-state index in [-0.39, 0.29) is 12.4 Å². The van der Waals surface area contributed by atoms with Crippen LogP contribution in [0, 0.1) is 0 Å². The first-order valence-corrected chi connectivity index (χ1v) is 8.12. The Hall–Kier alpha value is -2.06. The van der Waals surface area contributed by atoms with Gasteiger partial charge in [-0.2, -0.15) is 0 Å². The zero-order chi connectivity index (χ0) is 15.1. The number of sulfonamides is 1. The van der Waals surface area contributed by atoms with E-state index in [2.05, 4.69) is 9.71 Å². The number of benzene rings is 1. The number of nitrogens with zero attached hydrogens (tertiary/aromatic N) is 2. The van der Waals surface area contributed by atoms with Gasteiger partial charge in [0.15, 0.2) is 0 Å². The minimum absolute atomic E-state index is 0.0502. The van der Waals surface area contributed by atoms with Gasteiger partial charge in [-0.05, 0) is 12.1 Å². The van der Waals surface area contributed by atoms with Gasteiger partial charge in [-0.1, -0.05) is 12.1 Å². The number of ether oxygens (including phenoxy) is 1. The van der Waals surface area contributed by atoms with Crippen LogP contribution in [0.15, 0.2) is 43.0 Å². The number of para-hydroxylation sites is 2. The molecule has 0 unspecified atom stereocenters. The van der Waals surface area contributed by atoms with Crippen molar-refractivity contribution in [2.45, 2.75) is 6.54 Å². The van der Waals surface area contributed by atoms with Crippen LogP contribution < -0.4 is 15.2 Å². The summed E-state index contributed by atoms with van der Waals surface area (Å²) in [6, 6.07) is 6.97. The molecular weight excluding hydrogens is 292 g/mol. The van der Waals surface area contributed by atoms with Crippen molar-refractivity contribution in [3.05, 3.63) is 43.0 Å². The summed E-state index contributed by atoms with van der Waals surface area (Å²) in [5, 5.41) is 0. The lowest BCUT2D eigenvalue weighted by atomic mass is 10.3. The second-order valence-corrected chi connectivity index (χ2v) is 6.33. The van der Waals surface area contributed by atoms with E-state index in [4.69, 9.17) is 10.5 Å². The summed E-state index contributed by atoms with van der Waals surface area (Å²) in [6.45, 7) is 0.895. The maximum Gasteiger partial charge on any atom is 0.215 e. The van der Waals surface area contributed by atoms with Crippen molar-refractivity contribution >= 4 is 15.7 Å². The zero-order valence-electron chi connectivity index (χ0n) is 11.5. The smallest absolute Gasteiger partial charge is 0.215 e. The lowest BCUT2D eigenvalue weighted by Crippen LogP contribution is -2.31. The summed E-state index contributed by atoms with van der Waals surface area (Å²) in [6.07, 6.45) is 5.05. The summed E-state index contributed by atoms with van der Waals surface area (Å²) in [5.41, 5.74) is 6.19. The third kappa shape index (κ3) is 5.09. The van der Waals surface area contributed by atoms with E-state index in [1.54, 1.807) is 47.6 Å². The zero-order valence-corrected chi connectivity index (χ0v) is 12.3. The first-order valence-electron chi connectivity index (χ1n) is 6.47. The summed E-state index contributed by atoms with van der Waals surface area (Å²) >= 11 is 0. The highest BCUT2D eigenvalue weighted by atomic mass is 32.2. The SMILES string of the molecule is Nc1ccccc1OCCS(=O)(=O)NCCn1ccnc1. The van der Waals surface area contributed by atoms with Crippen molar-refractivity contribution in [1.82, 2.24) is 14.3 Å². The van der Waals surface area contributed by atoms with E-state index in [0.717, 1.165) is 0 Å². The van der Waals surface area contributed by atoms with Crippen molar-refractivity contribution in [2.24, 2.45) is 0 Å². The highest BCUT2D eigenvalue weighted by Crippen LogP contribution is 2.19. The van der Waals surface area contributed by atoms with Crippen molar-refractivity contribution < 1.29 is 13.2 Å². The van der Waals surface area contributed by atoms with E-state index in [9.17, 15) is 8.42 Å². The van der Waals surface area contributed by atoms with Gasteiger partial charge in [-0.3, -0.25) is 0 Å². The number of anilines is 1. The van der Waals surface area contributed by atoms with Crippen LogP contribution in [0.3, 0.4) is 0 Å². The average molecular weight is 310 g/mol. The maximum atomic E-state index is 11.8. The molecule has 0 aliphatic heterocycles. The Labute approximate surface area is 123 Å². The normalized spacial score (nSPS) is 11.4. The van der Waals surface area contributed by atoms with Crippen molar-refractivity contribution in [3.8, 4) is 5.75 Å². The van der Waals surface area contributed by atoms with E-state index in [1.165, 1.54) is 0 Å². The predicted octanol–water partition coefficient (Wildman–Crippen LogP) is 0.464. The highest BCUT2D eigenvalue weighted by Gasteiger charge is 2.10. The minimum atomic E-state index is -3.37. The standard InChI is InChI=1S/C13H18N4O3S/c14-12-3-1-2-4-13(12)20-9-10-21(18,19)16-6-8-17-7-5-15-11-17/h1-5,7,11,16H,6,8-10,14H2. The molecule has 0 fully saturated rings. The number of rotatable bonds is 8. The Morgan fingerprint density at radius 3 is 2.86 bits per heavy atom. The highest BCUT2D eigenvalue weighted by molar-refractivity contribution is 7.89. The van der Waals surface area contributed by atoms with Crippen molar-refractivity contribution in [2.75, 3.05) is 24.6 Å². The lowest BCUT2D eigenvalue weighted by Gasteiger charge is -2.10. The molecule has 3 N–H and O–H groups in total. The van der Waals surface area contributed by atoms with Gasteiger partial charge < -0.3 is 15.0 Å². The number of nitrogens with two attached hydrogens (primary N) is 1. The molecule has 0 radical (unpaired) electrons. The van der Waals surface area contributed by atoms with Crippen LogP contribution in [-0.2, 0) is 16.6 Å². The molecule has 114 valence electrons. The molecule has 0 bridgehead atoms. The van der Waals surface area contributed by atoms with Gasteiger partial charge in [0.1, 0.15) is 12.4 Å². The van der Waals surface area contributed by atoms with Crippen LogP contribution in [0.4, 0.5) is 5.69 Å². The molecule has 0 spiro atoms. The number of hydrogen-bond donors (Lipinski definition) is 2. The predicted molar refractivity (Wildman–Crippen MR) is 80.4 cm³/mol. The van der Waals surface area contributed by atoms with Gasteiger partial charge in [0.2, 0.25) is 10.0 Å². The van der Waals surface area contributed by atoms with Gasteiger partial charge >= 0.3 is 0 Å². The molecule has 0 atom stereocenters. The Morgan fingerprint density at radius 1 is 1.33 bits per heavy atom. The molecule has 7 nitrogen and oxygen atoms in total. The van der Waals surface area contributed by atoms with Gasteiger partial charge in [0, 0.05) is 25.5 Å². The third-order valence-corrected chi connectivity index (χ3v) is 4.13. The number of nitrogens with one attached hydrogen (secondary N) is 1. The molecule has 2 rings (SSSR count). The van der Waals surface area contributed by atoms with Gasteiger partial charge in [0.05, 0.1) is 17.8 Å². The van der Waals surface area contributed by atoms with Gasteiger partial charge in [-0.15, -0.1) is 0 Å². The first-order chi connectivity index (χ1) is 10.1. The third-order valence-electron chi connectivity index (χ3n) is 2.78. The summed E-state index contributed by atoms with van der Waals surface area (Å²) < 4.78 is 33.2. The molecule has 2 aromatic rings. The van der Waals surface area contributed by atoms with Crippen LogP contribution in [-0.4, -0.2) is 36.9 Å². The lowest BCUT2D eigenvalue weighted by molar-refractivity contribution is 0.342. The fraction of sp³-hybridized carbons (Fsp3) is 0.308. The molecule has 21 heavy (non-hydrogen) atoms. The minimum Gasteiger partial charge on any atom is -0.490 e. The molecule has 1 heterocycles. The molecule has 0 aliphatic carbocycles. The second-order valence-electron chi connectivity index (χ2n) is 4.40. The van der Waals surface area contributed by atoms with Crippen LogP contribution in [0.2, 0.25) is 0 Å². The molecule has 0 aliphatic rings. The van der Waals surface area contributed by atoms with Crippen LogP contribution in [0.1, 0.15) is 0 Å². The largest absolute Gasteiger partial charge is 0.490 e. The Bertz CT molecular complexity index is 656. The number of aromatic nitrogens is 2. The first kappa shape index (κ1) is 15.3. The number of nitrogen functional groups attached to an aromatic ring is 1. The molecule has 0 amide bonds. The quantitative estimate of drug-likeness (QED) is 0.690. The van der Waals surface area contributed by atoms with Crippen LogP contribution in [0.5, 0.6) is 5.75 Å². The fourth-order valence-corrected chi connectivity index (χ4v) is 2.54. The van der Waals surface area contributed by atoms with E-state index < -0.39 is 10.0 Å². The van der Waals surface area contributed by atoms with E-state index in [0.29, 0.717) is 24.5 Å². The number of imidazole rings is 1. The van der Waals surface area contributed by atoms with Crippen LogP contribution in [0.25, 0.3) is 0 Å².